The molecule has 0 aliphatic carbocycles. The number of carboxylic acid groups (broad SMARTS) is 1. The summed E-state index contributed by atoms with van der Waals surface area (Å²) in [4.78, 5) is 21.5. The van der Waals surface area contributed by atoms with Gasteiger partial charge in [0.05, 0.1) is 6.54 Å². The van der Waals surface area contributed by atoms with Gasteiger partial charge >= 0.3 is 11.9 Å². The number of aliphatic carboxylic acids is 1. The van der Waals surface area contributed by atoms with E-state index in [0.717, 1.165) is 0 Å². The van der Waals surface area contributed by atoms with Gasteiger partial charge in [0.25, 0.3) is 0 Å². The van der Waals surface area contributed by atoms with Crippen LogP contribution >= 0.6 is 0 Å². The van der Waals surface area contributed by atoms with Gasteiger partial charge in [-0.1, -0.05) is 0 Å². The van der Waals surface area contributed by atoms with Crippen LogP contribution in [0.1, 0.15) is 6.92 Å². The van der Waals surface area contributed by atoms with Gasteiger partial charge in [-0.15, -0.1) is 0 Å². The quantitative estimate of drug-likeness (QED) is 0.338. The van der Waals surface area contributed by atoms with E-state index in [2.05, 4.69) is 10.1 Å². The lowest BCUT2D eigenvalue weighted by Gasteiger charge is -2.13. The second kappa shape index (κ2) is 8.16. The van der Waals surface area contributed by atoms with Gasteiger partial charge in [-0.3, -0.25) is 10.1 Å². The summed E-state index contributed by atoms with van der Waals surface area (Å²) in [7, 11) is 0. The normalized spacial score (nSPS) is 12.1. The molecular formula is C8H16N2O5. The first kappa shape index (κ1) is 13.8. The number of ether oxygens (including phenoxy) is 2. The Morgan fingerprint density at radius 1 is 1.53 bits per heavy atom. The zero-order chi connectivity index (χ0) is 11.7. The lowest BCUT2D eigenvalue weighted by molar-refractivity contribution is -0.153. The minimum atomic E-state index is -1.19. The summed E-state index contributed by atoms with van der Waals surface area (Å²) < 4.78 is 9.44. The van der Waals surface area contributed by atoms with Crippen LogP contribution < -0.4 is 11.1 Å². The van der Waals surface area contributed by atoms with Crippen LogP contribution in [0.4, 0.5) is 0 Å². The molecule has 0 saturated heterocycles. The molecule has 88 valence electrons. The second-order valence-electron chi connectivity index (χ2n) is 2.56. The van der Waals surface area contributed by atoms with Crippen LogP contribution in [0.3, 0.4) is 0 Å². The van der Waals surface area contributed by atoms with Gasteiger partial charge in [-0.25, -0.2) is 4.79 Å². The van der Waals surface area contributed by atoms with Gasteiger partial charge in [0.15, 0.2) is 0 Å². The van der Waals surface area contributed by atoms with Crippen LogP contribution in [-0.2, 0) is 19.1 Å². The Morgan fingerprint density at radius 2 is 2.20 bits per heavy atom. The number of rotatable bonds is 8. The summed E-state index contributed by atoms with van der Waals surface area (Å²) >= 11 is 0. The third-order valence-corrected chi connectivity index (χ3v) is 1.37. The fraction of sp³-hybridized carbons (Fsp3) is 0.750. The first-order chi connectivity index (χ1) is 7.11. The maximum atomic E-state index is 10.9. The third kappa shape index (κ3) is 6.83. The molecule has 0 aliphatic heterocycles. The van der Waals surface area contributed by atoms with E-state index in [1.165, 1.54) is 0 Å². The van der Waals surface area contributed by atoms with E-state index in [-0.39, 0.29) is 26.3 Å². The van der Waals surface area contributed by atoms with Gasteiger partial charge in [0, 0.05) is 13.2 Å². The number of carbonyl (C=O) groups is 2. The molecule has 15 heavy (non-hydrogen) atoms. The van der Waals surface area contributed by atoms with Crippen LogP contribution in [0, 0.1) is 0 Å². The molecule has 0 amide bonds. The highest BCUT2D eigenvalue weighted by Crippen LogP contribution is 1.87. The van der Waals surface area contributed by atoms with Crippen molar-refractivity contribution in [1.82, 2.24) is 5.32 Å². The number of carbonyl (C=O) groups excluding carboxylic acids is 1. The Kier molecular flexibility index (Phi) is 7.51. The molecule has 0 fully saturated rings. The molecular weight excluding hydrogens is 204 g/mol. The van der Waals surface area contributed by atoms with E-state index in [1.807, 2.05) is 0 Å². The Labute approximate surface area is 87.5 Å². The highest BCUT2D eigenvalue weighted by atomic mass is 16.5. The zero-order valence-corrected chi connectivity index (χ0v) is 8.56. The third-order valence-electron chi connectivity index (χ3n) is 1.37. The molecule has 0 aliphatic rings. The maximum Gasteiger partial charge on any atom is 0.348 e. The van der Waals surface area contributed by atoms with Crippen LogP contribution in [0.25, 0.3) is 0 Å². The molecule has 7 heteroatoms. The van der Waals surface area contributed by atoms with Crippen molar-refractivity contribution in [2.24, 2.45) is 5.73 Å². The van der Waals surface area contributed by atoms with Crippen LogP contribution in [0.2, 0.25) is 0 Å². The molecule has 0 aromatic carbocycles. The molecule has 0 radical (unpaired) electrons. The number of hydrogen-bond acceptors (Lipinski definition) is 6. The SMILES string of the molecule is CCOC(NCC(=O)OCCN)C(=O)O. The molecule has 0 rings (SSSR count). The number of nitrogens with one attached hydrogen (secondary N) is 1. The van der Waals surface area contributed by atoms with Gasteiger partial charge in [-0.05, 0) is 6.92 Å². The maximum absolute atomic E-state index is 10.9. The fourth-order valence-corrected chi connectivity index (χ4v) is 0.784. The van der Waals surface area contributed by atoms with Crippen LogP contribution in [0.5, 0.6) is 0 Å². The zero-order valence-electron chi connectivity index (χ0n) is 8.56. The topological polar surface area (TPSA) is 111 Å². The Morgan fingerprint density at radius 3 is 2.67 bits per heavy atom. The van der Waals surface area contributed by atoms with Crippen molar-refractivity contribution in [3.63, 3.8) is 0 Å². The molecule has 7 nitrogen and oxygen atoms in total. The summed E-state index contributed by atoms with van der Waals surface area (Å²) in [6.45, 7) is 2.02. The van der Waals surface area contributed by atoms with Crippen molar-refractivity contribution in [2.45, 2.75) is 13.2 Å². The highest BCUT2D eigenvalue weighted by molar-refractivity contribution is 5.75. The molecule has 0 aromatic rings. The molecule has 1 atom stereocenters. The summed E-state index contributed by atoms with van der Waals surface area (Å²) in [6, 6.07) is 0. The minimum Gasteiger partial charge on any atom is -0.478 e. The lowest BCUT2D eigenvalue weighted by atomic mass is 10.5. The average Bonchev–Trinajstić information content (AvgIpc) is 2.20. The average molecular weight is 220 g/mol. The van der Waals surface area contributed by atoms with Gasteiger partial charge in [0.2, 0.25) is 6.23 Å². The molecule has 1 unspecified atom stereocenters. The Bertz CT molecular complexity index is 209. The van der Waals surface area contributed by atoms with Gasteiger partial charge < -0.3 is 20.3 Å². The predicted octanol–water partition coefficient (Wildman–Crippen LogP) is -1.47. The standard InChI is InChI=1S/C8H16N2O5/c1-2-14-7(8(12)13)10-5-6(11)15-4-3-9/h7,10H,2-5,9H2,1H3,(H,12,13). The van der Waals surface area contributed by atoms with Crippen molar-refractivity contribution in [3.05, 3.63) is 0 Å². The number of nitrogens with two attached hydrogens (primary N) is 1. The van der Waals surface area contributed by atoms with Gasteiger partial charge in [-0.2, -0.15) is 0 Å². The lowest BCUT2D eigenvalue weighted by Crippen LogP contribution is -2.42. The fourth-order valence-electron chi connectivity index (χ4n) is 0.784. The molecule has 0 aromatic heterocycles. The summed E-state index contributed by atoms with van der Waals surface area (Å²) in [5, 5.41) is 11.0. The van der Waals surface area contributed by atoms with E-state index in [1.54, 1.807) is 6.92 Å². The smallest absolute Gasteiger partial charge is 0.348 e. The van der Waals surface area contributed by atoms with Crippen molar-refractivity contribution in [1.29, 1.82) is 0 Å². The molecule has 0 heterocycles. The number of hydrogen-bond donors (Lipinski definition) is 3. The van der Waals surface area contributed by atoms with Crippen LogP contribution in [-0.4, -0.2) is 49.6 Å². The van der Waals surface area contributed by atoms with Crippen molar-refractivity contribution in [2.75, 3.05) is 26.3 Å². The summed E-state index contributed by atoms with van der Waals surface area (Å²) in [6.07, 6.45) is -1.19. The van der Waals surface area contributed by atoms with Crippen molar-refractivity contribution >= 4 is 11.9 Å². The highest BCUT2D eigenvalue weighted by Gasteiger charge is 2.17. The molecule has 0 spiro atoms. The first-order valence-corrected chi connectivity index (χ1v) is 4.55. The van der Waals surface area contributed by atoms with Crippen molar-refractivity contribution < 1.29 is 24.2 Å². The monoisotopic (exact) mass is 220 g/mol. The van der Waals surface area contributed by atoms with E-state index >= 15 is 0 Å². The number of carboxylic acids is 1. The largest absolute Gasteiger partial charge is 0.478 e. The minimum absolute atomic E-state index is 0.118. The predicted molar refractivity (Wildman–Crippen MR) is 51.1 cm³/mol. The van der Waals surface area contributed by atoms with Crippen molar-refractivity contribution in [3.8, 4) is 0 Å². The van der Waals surface area contributed by atoms with E-state index in [4.69, 9.17) is 15.6 Å². The molecule has 0 saturated carbocycles. The summed E-state index contributed by atoms with van der Waals surface area (Å²) in [5.41, 5.74) is 5.11. The number of esters is 1. The van der Waals surface area contributed by atoms with E-state index in [0.29, 0.717) is 0 Å². The summed E-state index contributed by atoms with van der Waals surface area (Å²) in [5.74, 6) is -1.74. The van der Waals surface area contributed by atoms with E-state index in [9.17, 15) is 9.59 Å². The van der Waals surface area contributed by atoms with E-state index < -0.39 is 18.2 Å². The van der Waals surface area contributed by atoms with Gasteiger partial charge in [0.1, 0.15) is 6.61 Å². The van der Waals surface area contributed by atoms with Crippen LogP contribution in [0.15, 0.2) is 0 Å². The first-order valence-electron chi connectivity index (χ1n) is 4.55. The molecule has 0 bridgehead atoms. The second-order valence-corrected chi connectivity index (χ2v) is 2.56. The molecule has 4 N–H and O–H groups in total. The Hall–Kier alpha value is -1.18. The Balaban J connectivity index is 3.78.